The third-order valence-electron chi connectivity index (χ3n) is 3.50. The highest BCUT2D eigenvalue weighted by Crippen LogP contribution is 2.12. The van der Waals surface area contributed by atoms with E-state index in [4.69, 9.17) is 0 Å². The summed E-state index contributed by atoms with van der Waals surface area (Å²) in [5.74, 6) is -0.581. The monoisotopic (exact) mass is 360 g/mol. The van der Waals surface area contributed by atoms with Crippen molar-refractivity contribution in [2.24, 2.45) is 0 Å². The first-order valence-electron chi connectivity index (χ1n) is 7.68. The molecule has 1 aromatic carbocycles. The maximum absolute atomic E-state index is 12.9. The Kier molecular flexibility index (Phi) is 5.20. The zero-order chi connectivity index (χ0) is 17.7. The van der Waals surface area contributed by atoms with Crippen LogP contribution in [0, 0.1) is 5.82 Å². The van der Waals surface area contributed by atoms with Gasteiger partial charge in [0.05, 0.1) is 18.0 Å². The molecule has 2 aromatic heterocycles. The van der Waals surface area contributed by atoms with E-state index in [1.54, 1.807) is 17.1 Å². The fourth-order valence-corrected chi connectivity index (χ4v) is 3.44. The average molecular weight is 360 g/mol. The second-order valence-corrected chi connectivity index (χ2v) is 7.27. The SMILES string of the molecule is O=S(=O)(Cc1ccc(F)cc1)NCCn1ccc(-c2ccccn2)n1. The largest absolute Gasteiger partial charge is 0.271 e. The molecule has 3 aromatic rings. The first-order chi connectivity index (χ1) is 12.0. The topological polar surface area (TPSA) is 76.9 Å². The van der Waals surface area contributed by atoms with Crippen LogP contribution in [0.25, 0.3) is 11.4 Å². The number of hydrogen-bond acceptors (Lipinski definition) is 4. The molecule has 0 bridgehead atoms. The van der Waals surface area contributed by atoms with Crippen LogP contribution in [-0.2, 0) is 22.3 Å². The number of nitrogens with zero attached hydrogens (tertiary/aromatic N) is 3. The molecule has 2 heterocycles. The minimum Gasteiger partial charge on any atom is -0.271 e. The maximum atomic E-state index is 12.9. The summed E-state index contributed by atoms with van der Waals surface area (Å²) < 4.78 is 41.1. The number of sulfonamides is 1. The van der Waals surface area contributed by atoms with E-state index in [1.165, 1.54) is 24.3 Å². The standard InChI is InChI=1S/C17H17FN4O2S/c18-15-6-4-14(5-7-15)13-25(23,24)20-10-12-22-11-8-17(21-22)16-3-1-2-9-19-16/h1-9,11,20H,10,12-13H2. The molecule has 0 amide bonds. The quantitative estimate of drug-likeness (QED) is 0.701. The fourth-order valence-electron chi connectivity index (χ4n) is 2.30. The Morgan fingerprint density at radius 3 is 2.56 bits per heavy atom. The van der Waals surface area contributed by atoms with Gasteiger partial charge in [0, 0.05) is 18.9 Å². The van der Waals surface area contributed by atoms with E-state index in [-0.39, 0.29) is 12.3 Å². The number of aromatic nitrogens is 3. The lowest BCUT2D eigenvalue weighted by Crippen LogP contribution is -2.28. The van der Waals surface area contributed by atoms with Gasteiger partial charge in [0.15, 0.2) is 0 Å². The van der Waals surface area contributed by atoms with Crippen molar-refractivity contribution in [1.82, 2.24) is 19.5 Å². The van der Waals surface area contributed by atoms with Gasteiger partial charge < -0.3 is 0 Å². The average Bonchev–Trinajstić information content (AvgIpc) is 3.06. The summed E-state index contributed by atoms with van der Waals surface area (Å²) in [5, 5.41) is 4.37. The molecule has 8 heteroatoms. The molecule has 1 N–H and O–H groups in total. The van der Waals surface area contributed by atoms with Crippen LogP contribution in [-0.4, -0.2) is 29.7 Å². The highest BCUT2D eigenvalue weighted by Gasteiger charge is 2.11. The van der Waals surface area contributed by atoms with Crippen molar-refractivity contribution in [3.8, 4) is 11.4 Å². The molecular formula is C17H17FN4O2S. The van der Waals surface area contributed by atoms with Crippen molar-refractivity contribution in [3.63, 3.8) is 0 Å². The summed E-state index contributed by atoms with van der Waals surface area (Å²) in [6.45, 7) is 0.613. The Balaban J connectivity index is 1.54. The number of pyridine rings is 1. The maximum Gasteiger partial charge on any atom is 0.215 e. The molecule has 0 aliphatic rings. The Morgan fingerprint density at radius 1 is 1.04 bits per heavy atom. The Labute approximate surface area is 145 Å². The van der Waals surface area contributed by atoms with Crippen LogP contribution < -0.4 is 4.72 Å². The van der Waals surface area contributed by atoms with Crippen molar-refractivity contribution in [2.75, 3.05) is 6.54 Å². The van der Waals surface area contributed by atoms with Gasteiger partial charge in [-0.25, -0.2) is 17.5 Å². The normalized spacial score (nSPS) is 11.6. The molecule has 0 saturated carbocycles. The van der Waals surface area contributed by atoms with Crippen LogP contribution in [0.1, 0.15) is 5.56 Å². The number of nitrogens with one attached hydrogen (secondary N) is 1. The van der Waals surface area contributed by atoms with Crippen LogP contribution >= 0.6 is 0 Å². The highest BCUT2D eigenvalue weighted by atomic mass is 32.2. The zero-order valence-corrected chi connectivity index (χ0v) is 14.2. The lowest BCUT2D eigenvalue weighted by atomic mass is 10.2. The highest BCUT2D eigenvalue weighted by molar-refractivity contribution is 7.88. The van der Waals surface area contributed by atoms with E-state index in [1.807, 2.05) is 24.3 Å². The van der Waals surface area contributed by atoms with Crippen LogP contribution in [0.3, 0.4) is 0 Å². The van der Waals surface area contributed by atoms with Crippen LogP contribution in [0.5, 0.6) is 0 Å². The molecule has 6 nitrogen and oxygen atoms in total. The van der Waals surface area contributed by atoms with Gasteiger partial charge in [-0.1, -0.05) is 18.2 Å². The smallest absolute Gasteiger partial charge is 0.215 e. The van der Waals surface area contributed by atoms with Gasteiger partial charge in [-0.3, -0.25) is 9.67 Å². The van der Waals surface area contributed by atoms with E-state index >= 15 is 0 Å². The van der Waals surface area contributed by atoms with Crippen molar-refractivity contribution in [1.29, 1.82) is 0 Å². The number of benzene rings is 1. The Hall–Kier alpha value is -2.58. The van der Waals surface area contributed by atoms with Crippen LogP contribution in [0.4, 0.5) is 4.39 Å². The zero-order valence-electron chi connectivity index (χ0n) is 13.3. The van der Waals surface area contributed by atoms with Gasteiger partial charge >= 0.3 is 0 Å². The van der Waals surface area contributed by atoms with E-state index < -0.39 is 15.8 Å². The molecule has 0 spiro atoms. The minimum atomic E-state index is -3.49. The molecule has 0 atom stereocenters. The van der Waals surface area contributed by atoms with Crippen molar-refractivity contribution in [3.05, 3.63) is 72.3 Å². The molecule has 25 heavy (non-hydrogen) atoms. The Bertz CT molecular complexity index is 925. The minimum absolute atomic E-state index is 0.189. The van der Waals surface area contributed by atoms with Gasteiger partial charge in [-0.2, -0.15) is 5.10 Å². The molecule has 130 valence electrons. The van der Waals surface area contributed by atoms with Crippen molar-refractivity contribution in [2.45, 2.75) is 12.3 Å². The van der Waals surface area contributed by atoms with E-state index in [0.29, 0.717) is 12.1 Å². The molecule has 0 radical (unpaired) electrons. The molecular weight excluding hydrogens is 343 g/mol. The van der Waals surface area contributed by atoms with E-state index in [0.717, 1.165) is 11.4 Å². The molecule has 0 fully saturated rings. The van der Waals surface area contributed by atoms with E-state index in [9.17, 15) is 12.8 Å². The predicted octanol–water partition coefficient (Wildman–Crippen LogP) is 2.20. The lowest BCUT2D eigenvalue weighted by molar-refractivity contribution is 0.560. The summed E-state index contributed by atoms with van der Waals surface area (Å²) in [7, 11) is -3.49. The fraction of sp³-hybridized carbons (Fsp3) is 0.176. The lowest BCUT2D eigenvalue weighted by Gasteiger charge is -2.07. The third-order valence-corrected chi connectivity index (χ3v) is 4.86. The third kappa shape index (κ3) is 4.94. The number of hydrogen-bond donors (Lipinski definition) is 1. The summed E-state index contributed by atoms with van der Waals surface area (Å²) in [6.07, 6.45) is 3.47. The van der Waals surface area contributed by atoms with Gasteiger partial charge in [0.1, 0.15) is 11.5 Å². The van der Waals surface area contributed by atoms with Gasteiger partial charge in [-0.15, -0.1) is 0 Å². The number of halogens is 1. The van der Waals surface area contributed by atoms with E-state index in [2.05, 4.69) is 14.8 Å². The summed E-state index contributed by atoms with van der Waals surface area (Å²) in [4.78, 5) is 4.22. The van der Waals surface area contributed by atoms with Gasteiger partial charge in [-0.05, 0) is 35.9 Å². The molecule has 0 saturated heterocycles. The summed E-state index contributed by atoms with van der Waals surface area (Å²) in [6, 6.07) is 12.8. The molecule has 0 unspecified atom stereocenters. The first kappa shape index (κ1) is 17.2. The summed E-state index contributed by atoms with van der Waals surface area (Å²) in [5.41, 5.74) is 2.03. The predicted molar refractivity (Wildman–Crippen MR) is 92.5 cm³/mol. The van der Waals surface area contributed by atoms with Gasteiger partial charge in [0.25, 0.3) is 0 Å². The summed E-state index contributed by atoms with van der Waals surface area (Å²) >= 11 is 0. The first-order valence-corrected chi connectivity index (χ1v) is 9.34. The second-order valence-electron chi connectivity index (χ2n) is 5.46. The van der Waals surface area contributed by atoms with Crippen molar-refractivity contribution < 1.29 is 12.8 Å². The van der Waals surface area contributed by atoms with Crippen LogP contribution in [0.15, 0.2) is 60.9 Å². The number of rotatable bonds is 7. The second kappa shape index (κ2) is 7.54. The van der Waals surface area contributed by atoms with Crippen molar-refractivity contribution >= 4 is 10.0 Å². The molecule has 0 aliphatic heterocycles. The molecule has 3 rings (SSSR count). The van der Waals surface area contributed by atoms with Gasteiger partial charge in [0.2, 0.25) is 10.0 Å². The van der Waals surface area contributed by atoms with Crippen LogP contribution in [0.2, 0.25) is 0 Å². The molecule has 0 aliphatic carbocycles. The Morgan fingerprint density at radius 2 is 1.84 bits per heavy atom.